The average molecular weight is 286 g/mol. The van der Waals surface area contributed by atoms with E-state index in [4.69, 9.17) is 0 Å². The van der Waals surface area contributed by atoms with Gasteiger partial charge in [-0.25, -0.2) is 0 Å². The van der Waals surface area contributed by atoms with Gasteiger partial charge in [0.2, 0.25) is 0 Å². The molecule has 0 spiro atoms. The number of pyridine rings is 1. The van der Waals surface area contributed by atoms with E-state index in [0.717, 1.165) is 17.2 Å². The Morgan fingerprint density at radius 1 is 1.29 bits per heavy atom. The number of H-pyrrole nitrogens is 1. The lowest BCUT2D eigenvalue weighted by molar-refractivity contribution is 0.0857. The zero-order valence-corrected chi connectivity index (χ0v) is 11.0. The quantitative estimate of drug-likeness (QED) is 0.644. The van der Waals surface area contributed by atoms with Gasteiger partial charge in [0.15, 0.2) is 5.88 Å². The molecule has 0 fully saturated rings. The lowest BCUT2D eigenvalue weighted by Gasteiger charge is -2.18. The van der Waals surface area contributed by atoms with Gasteiger partial charge in [0.1, 0.15) is 0 Å². The van der Waals surface area contributed by atoms with Crippen molar-refractivity contribution < 1.29 is 15.0 Å². The maximum Gasteiger partial charge on any atom is 0.252 e. The first kappa shape index (κ1) is 13.4. The zero-order chi connectivity index (χ0) is 15.0. The molecule has 1 aromatic carbocycles. The number of carbonyl (C=O) groups excluding carboxylic acids is 1. The zero-order valence-electron chi connectivity index (χ0n) is 11.0. The number of hydrogen-bond acceptors (Lipinski definition) is 4. The maximum absolute atomic E-state index is 12.2. The van der Waals surface area contributed by atoms with Crippen LogP contribution >= 0.6 is 0 Å². The Hall–Kier alpha value is -2.60. The first-order valence-corrected chi connectivity index (χ1v) is 6.54. The van der Waals surface area contributed by atoms with Crippen LogP contribution in [-0.4, -0.2) is 27.2 Å². The van der Waals surface area contributed by atoms with Gasteiger partial charge in [-0.3, -0.25) is 14.6 Å². The fourth-order valence-electron chi connectivity index (χ4n) is 2.63. The van der Waals surface area contributed by atoms with Crippen molar-refractivity contribution in [1.82, 2.24) is 10.3 Å². The first-order chi connectivity index (χ1) is 10.0. The lowest BCUT2D eigenvalue weighted by Crippen LogP contribution is -2.34. The molecule has 108 valence electrons. The Morgan fingerprint density at radius 3 is 2.81 bits per heavy atom. The van der Waals surface area contributed by atoms with Crippen LogP contribution in [-0.2, 0) is 6.42 Å². The molecule has 0 radical (unpaired) electrons. The van der Waals surface area contributed by atoms with E-state index >= 15 is 0 Å². The van der Waals surface area contributed by atoms with Gasteiger partial charge in [0.25, 0.3) is 11.5 Å². The molecule has 2 aromatic rings. The Kier molecular flexibility index (Phi) is 3.23. The fourth-order valence-corrected chi connectivity index (χ4v) is 2.63. The van der Waals surface area contributed by atoms with Gasteiger partial charge < -0.3 is 15.5 Å². The summed E-state index contributed by atoms with van der Waals surface area (Å²) in [5.74, 6) is -0.892. The molecule has 1 aliphatic carbocycles. The highest BCUT2D eigenvalue weighted by Gasteiger charge is 2.32. The van der Waals surface area contributed by atoms with Crippen molar-refractivity contribution in [3.8, 4) is 5.88 Å². The highest BCUT2D eigenvalue weighted by molar-refractivity contribution is 5.94. The van der Waals surface area contributed by atoms with Crippen LogP contribution in [0.3, 0.4) is 0 Å². The summed E-state index contributed by atoms with van der Waals surface area (Å²) in [6.07, 6.45) is -0.233. The van der Waals surface area contributed by atoms with E-state index in [0.29, 0.717) is 6.42 Å². The number of fused-ring (bicyclic) bond motifs is 1. The largest absolute Gasteiger partial charge is 0.494 e. The van der Waals surface area contributed by atoms with Crippen LogP contribution in [0.4, 0.5) is 0 Å². The molecule has 1 amide bonds. The van der Waals surface area contributed by atoms with Crippen LogP contribution in [0.2, 0.25) is 0 Å². The van der Waals surface area contributed by atoms with Crippen LogP contribution < -0.4 is 10.9 Å². The second kappa shape index (κ2) is 5.06. The second-order valence-electron chi connectivity index (χ2n) is 5.04. The molecule has 1 aromatic heterocycles. The topological polar surface area (TPSA) is 102 Å². The predicted octanol–water partition coefficient (Wildman–Crippen LogP) is 0.469. The van der Waals surface area contributed by atoms with Gasteiger partial charge in [-0.05, 0) is 11.1 Å². The van der Waals surface area contributed by atoms with Crippen LogP contribution in [0, 0.1) is 0 Å². The maximum atomic E-state index is 12.2. The third-order valence-corrected chi connectivity index (χ3v) is 3.58. The summed E-state index contributed by atoms with van der Waals surface area (Å²) in [6, 6.07) is 9.23. The summed E-state index contributed by atoms with van der Waals surface area (Å²) in [7, 11) is 0. The number of aromatic hydroxyl groups is 1. The summed E-state index contributed by atoms with van der Waals surface area (Å²) in [6.45, 7) is 0. The highest BCUT2D eigenvalue weighted by atomic mass is 16.3. The molecule has 0 bridgehead atoms. The number of aliphatic hydroxyl groups is 1. The minimum Gasteiger partial charge on any atom is -0.494 e. The summed E-state index contributed by atoms with van der Waals surface area (Å²) in [4.78, 5) is 25.6. The van der Waals surface area contributed by atoms with E-state index in [1.54, 1.807) is 0 Å². The third-order valence-electron chi connectivity index (χ3n) is 3.58. The Morgan fingerprint density at radius 2 is 2.05 bits per heavy atom. The molecule has 1 heterocycles. The van der Waals surface area contributed by atoms with Crippen molar-refractivity contribution in [3.63, 3.8) is 0 Å². The molecule has 6 nitrogen and oxygen atoms in total. The molecule has 0 saturated carbocycles. The summed E-state index contributed by atoms with van der Waals surface area (Å²) in [5.41, 5.74) is 1.34. The molecule has 0 saturated heterocycles. The molecule has 4 N–H and O–H groups in total. The van der Waals surface area contributed by atoms with Crippen molar-refractivity contribution in [3.05, 3.63) is 63.4 Å². The molecule has 6 heteroatoms. The van der Waals surface area contributed by atoms with Crippen molar-refractivity contribution >= 4 is 5.91 Å². The average Bonchev–Trinajstić information content (AvgIpc) is 2.74. The van der Waals surface area contributed by atoms with Crippen molar-refractivity contribution in [2.75, 3.05) is 0 Å². The van der Waals surface area contributed by atoms with Gasteiger partial charge in [0, 0.05) is 18.6 Å². The third kappa shape index (κ3) is 2.53. The molecule has 0 unspecified atom stereocenters. The number of aromatic nitrogens is 1. The molecule has 21 heavy (non-hydrogen) atoms. The Labute approximate surface area is 120 Å². The van der Waals surface area contributed by atoms with Gasteiger partial charge >= 0.3 is 0 Å². The van der Waals surface area contributed by atoms with E-state index < -0.39 is 23.6 Å². The predicted molar refractivity (Wildman–Crippen MR) is 75.1 cm³/mol. The number of rotatable bonds is 2. The minimum atomic E-state index is -0.707. The van der Waals surface area contributed by atoms with E-state index in [2.05, 4.69) is 10.3 Å². The minimum absolute atomic E-state index is 0.0489. The van der Waals surface area contributed by atoms with Gasteiger partial charge in [-0.1, -0.05) is 24.3 Å². The highest BCUT2D eigenvalue weighted by Crippen LogP contribution is 2.31. The smallest absolute Gasteiger partial charge is 0.252 e. The molecule has 1 aliphatic rings. The van der Waals surface area contributed by atoms with Crippen molar-refractivity contribution in [2.45, 2.75) is 18.6 Å². The van der Waals surface area contributed by atoms with E-state index in [-0.39, 0.29) is 11.4 Å². The number of benzene rings is 1. The monoisotopic (exact) mass is 286 g/mol. The van der Waals surface area contributed by atoms with Crippen LogP contribution in [0.1, 0.15) is 27.5 Å². The van der Waals surface area contributed by atoms with Gasteiger partial charge in [-0.15, -0.1) is 0 Å². The first-order valence-electron chi connectivity index (χ1n) is 6.54. The summed E-state index contributed by atoms with van der Waals surface area (Å²) >= 11 is 0. The normalized spacial score (nSPS) is 20.0. The Balaban J connectivity index is 1.86. The van der Waals surface area contributed by atoms with E-state index in [9.17, 15) is 19.8 Å². The van der Waals surface area contributed by atoms with Crippen LogP contribution in [0.15, 0.2) is 41.2 Å². The molecule has 3 rings (SSSR count). The standard InChI is InChI=1S/C15H14N2O4/c18-11-5-8-3-1-2-4-10(8)14(11)17-15(21)9-6-12(19)16-13(20)7-9/h1-4,6-7,11,14,18H,5H2,(H,17,21)(H2,16,19,20)/t11-,14+/m0/s1. The molecular weight excluding hydrogens is 272 g/mol. The number of hydrogen-bond donors (Lipinski definition) is 4. The van der Waals surface area contributed by atoms with Gasteiger partial charge in [-0.2, -0.15) is 0 Å². The van der Waals surface area contributed by atoms with Crippen molar-refractivity contribution in [1.29, 1.82) is 0 Å². The number of aliphatic hydroxyl groups excluding tert-OH is 1. The summed E-state index contributed by atoms with van der Waals surface area (Å²) in [5, 5.41) is 22.1. The SMILES string of the molecule is O=C(N[C@@H]1c2ccccc2C[C@@H]1O)c1cc(O)[nH]c(=O)c1. The summed E-state index contributed by atoms with van der Waals surface area (Å²) < 4.78 is 0. The number of nitrogens with one attached hydrogen (secondary N) is 2. The number of carbonyl (C=O) groups is 1. The van der Waals surface area contributed by atoms with Crippen LogP contribution in [0.25, 0.3) is 0 Å². The van der Waals surface area contributed by atoms with Crippen LogP contribution in [0.5, 0.6) is 5.88 Å². The second-order valence-corrected chi connectivity index (χ2v) is 5.04. The molecule has 2 atom stereocenters. The molecular formula is C15H14N2O4. The number of aromatic amines is 1. The lowest BCUT2D eigenvalue weighted by atomic mass is 10.1. The van der Waals surface area contributed by atoms with E-state index in [1.165, 1.54) is 6.07 Å². The van der Waals surface area contributed by atoms with E-state index in [1.807, 2.05) is 24.3 Å². The number of amides is 1. The van der Waals surface area contributed by atoms with Crippen molar-refractivity contribution in [2.24, 2.45) is 0 Å². The fraction of sp³-hybridized carbons (Fsp3) is 0.200. The van der Waals surface area contributed by atoms with Gasteiger partial charge in [0.05, 0.1) is 17.7 Å². The Bertz CT molecular complexity index is 753. The molecule has 0 aliphatic heterocycles.